The molecule has 1 fully saturated rings. The lowest BCUT2D eigenvalue weighted by Gasteiger charge is -2.13. The van der Waals surface area contributed by atoms with Gasteiger partial charge in [-0.05, 0) is 6.92 Å². The number of nitrogens with one attached hydrogen (secondary N) is 1. The van der Waals surface area contributed by atoms with Gasteiger partial charge in [-0.1, -0.05) is 12.1 Å². The lowest BCUT2D eigenvalue weighted by atomic mass is 10.1. The summed E-state index contributed by atoms with van der Waals surface area (Å²) in [5.74, 6) is -0.108. The number of imide groups is 1. The fraction of sp³-hybridized carbons (Fsp3) is 0.500. The number of aromatic nitrogens is 1. The van der Waals surface area contributed by atoms with Gasteiger partial charge in [0.1, 0.15) is 5.76 Å². The molecule has 0 radical (unpaired) electrons. The van der Waals surface area contributed by atoms with Crippen LogP contribution in [0, 0.1) is 12.8 Å². The van der Waals surface area contributed by atoms with Crippen molar-refractivity contribution in [3.63, 3.8) is 0 Å². The van der Waals surface area contributed by atoms with Gasteiger partial charge in [-0.3, -0.25) is 19.3 Å². The Labute approximate surface area is 109 Å². The Morgan fingerprint density at radius 3 is 2.84 bits per heavy atom. The standard InChI is InChI=1S/C12H15N3O4/c1-7-5-11(17)15(12(7)18)4-3-10(16)13-9-6-8(2)19-14-9/h6-7H,3-5H2,1-2H3,(H,13,14,16). The lowest BCUT2D eigenvalue weighted by Crippen LogP contribution is -2.33. The fourth-order valence-electron chi connectivity index (χ4n) is 1.93. The molecule has 0 aromatic carbocycles. The maximum Gasteiger partial charge on any atom is 0.232 e. The van der Waals surface area contributed by atoms with Crippen molar-refractivity contribution in [2.75, 3.05) is 11.9 Å². The first-order valence-electron chi connectivity index (χ1n) is 6.04. The highest BCUT2D eigenvalue weighted by Gasteiger charge is 2.35. The minimum absolute atomic E-state index is 0.0517. The molecular weight excluding hydrogens is 250 g/mol. The molecule has 1 aromatic rings. The van der Waals surface area contributed by atoms with Gasteiger partial charge in [0.05, 0.1) is 0 Å². The monoisotopic (exact) mass is 265 g/mol. The van der Waals surface area contributed by atoms with Crippen molar-refractivity contribution in [2.24, 2.45) is 5.92 Å². The Balaban J connectivity index is 1.84. The summed E-state index contributed by atoms with van der Waals surface area (Å²) in [7, 11) is 0. The molecule has 3 amide bonds. The van der Waals surface area contributed by atoms with Crippen LogP contribution < -0.4 is 5.32 Å². The van der Waals surface area contributed by atoms with Crippen LogP contribution in [0.1, 0.15) is 25.5 Å². The first-order valence-corrected chi connectivity index (χ1v) is 6.04. The van der Waals surface area contributed by atoms with E-state index < -0.39 is 0 Å². The molecule has 0 spiro atoms. The number of carbonyl (C=O) groups is 3. The molecule has 0 bridgehead atoms. The minimum atomic E-state index is -0.312. The van der Waals surface area contributed by atoms with Crippen LogP contribution in [0.15, 0.2) is 10.6 Å². The highest BCUT2D eigenvalue weighted by atomic mass is 16.5. The Morgan fingerprint density at radius 2 is 2.32 bits per heavy atom. The van der Waals surface area contributed by atoms with E-state index >= 15 is 0 Å². The van der Waals surface area contributed by atoms with Crippen molar-refractivity contribution >= 4 is 23.5 Å². The van der Waals surface area contributed by atoms with Crippen molar-refractivity contribution in [1.29, 1.82) is 0 Å². The van der Waals surface area contributed by atoms with Gasteiger partial charge in [0, 0.05) is 31.4 Å². The van der Waals surface area contributed by atoms with Gasteiger partial charge in [-0.25, -0.2) is 0 Å². The summed E-state index contributed by atoms with van der Waals surface area (Å²) in [4.78, 5) is 35.9. The molecule has 7 heteroatoms. The molecule has 1 atom stereocenters. The van der Waals surface area contributed by atoms with E-state index in [0.29, 0.717) is 11.6 Å². The van der Waals surface area contributed by atoms with E-state index in [4.69, 9.17) is 4.52 Å². The third kappa shape index (κ3) is 2.98. The maximum atomic E-state index is 11.6. The molecule has 1 saturated heterocycles. The second-order valence-electron chi connectivity index (χ2n) is 4.61. The second-order valence-corrected chi connectivity index (χ2v) is 4.61. The quantitative estimate of drug-likeness (QED) is 0.809. The predicted octanol–water partition coefficient (Wildman–Crippen LogP) is 0.707. The molecule has 7 nitrogen and oxygen atoms in total. The Hall–Kier alpha value is -2.18. The third-order valence-corrected chi connectivity index (χ3v) is 2.93. The number of anilines is 1. The van der Waals surface area contributed by atoms with Crippen LogP contribution >= 0.6 is 0 Å². The molecule has 1 aliphatic rings. The van der Waals surface area contributed by atoms with E-state index in [-0.39, 0.29) is 43.0 Å². The smallest absolute Gasteiger partial charge is 0.232 e. The molecule has 102 valence electrons. The highest BCUT2D eigenvalue weighted by molar-refractivity contribution is 6.03. The average molecular weight is 265 g/mol. The molecule has 1 aromatic heterocycles. The molecule has 0 aliphatic carbocycles. The van der Waals surface area contributed by atoms with Crippen LogP contribution in [-0.2, 0) is 14.4 Å². The summed E-state index contributed by atoms with van der Waals surface area (Å²) in [5.41, 5.74) is 0. The zero-order valence-electron chi connectivity index (χ0n) is 10.8. The molecule has 2 heterocycles. The first kappa shape index (κ1) is 13.3. The molecule has 1 unspecified atom stereocenters. The van der Waals surface area contributed by atoms with Gasteiger partial charge in [-0.2, -0.15) is 0 Å². The SMILES string of the molecule is Cc1cc(NC(=O)CCN2C(=O)CC(C)C2=O)no1. The summed E-state index contributed by atoms with van der Waals surface area (Å²) in [6.07, 6.45) is 0.277. The third-order valence-electron chi connectivity index (χ3n) is 2.93. The number of amides is 3. The number of carbonyl (C=O) groups excluding carboxylic acids is 3. The predicted molar refractivity (Wildman–Crippen MR) is 65.0 cm³/mol. The second kappa shape index (κ2) is 5.21. The summed E-state index contributed by atoms with van der Waals surface area (Å²) in [6, 6.07) is 1.59. The van der Waals surface area contributed by atoms with Crippen LogP contribution in [0.3, 0.4) is 0 Å². The summed E-state index contributed by atoms with van der Waals surface area (Å²) >= 11 is 0. The normalized spacial score (nSPS) is 19.1. The van der Waals surface area contributed by atoms with Crippen LogP contribution in [-0.4, -0.2) is 34.3 Å². The van der Waals surface area contributed by atoms with Crippen LogP contribution in [0.2, 0.25) is 0 Å². The summed E-state index contributed by atoms with van der Waals surface area (Å²) in [5, 5.41) is 6.16. The zero-order chi connectivity index (χ0) is 14.0. The average Bonchev–Trinajstić information content (AvgIpc) is 2.83. The molecule has 1 N–H and O–H groups in total. The topological polar surface area (TPSA) is 92.5 Å². The molecule has 0 saturated carbocycles. The Morgan fingerprint density at radius 1 is 1.58 bits per heavy atom. The number of likely N-dealkylation sites (tertiary alicyclic amines) is 1. The van der Waals surface area contributed by atoms with Crippen molar-refractivity contribution in [3.05, 3.63) is 11.8 Å². The molecule has 1 aliphatic heterocycles. The number of rotatable bonds is 4. The van der Waals surface area contributed by atoms with E-state index in [2.05, 4.69) is 10.5 Å². The molecular formula is C12H15N3O4. The Kier molecular flexibility index (Phi) is 3.64. The van der Waals surface area contributed by atoms with E-state index in [1.54, 1.807) is 19.9 Å². The summed E-state index contributed by atoms with van der Waals surface area (Å²) in [6.45, 7) is 3.52. The number of hydrogen-bond acceptors (Lipinski definition) is 5. The van der Waals surface area contributed by atoms with E-state index in [0.717, 1.165) is 4.90 Å². The largest absolute Gasteiger partial charge is 0.360 e. The van der Waals surface area contributed by atoms with Crippen LogP contribution in [0.5, 0.6) is 0 Å². The van der Waals surface area contributed by atoms with Gasteiger partial charge in [0.25, 0.3) is 0 Å². The maximum absolute atomic E-state index is 11.6. The van der Waals surface area contributed by atoms with Crippen molar-refractivity contribution in [3.8, 4) is 0 Å². The number of hydrogen-bond donors (Lipinski definition) is 1. The van der Waals surface area contributed by atoms with Crippen molar-refractivity contribution < 1.29 is 18.9 Å². The molecule has 2 rings (SSSR count). The summed E-state index contributed by atoms with van der Waals surface area (Å²) < 4.78 is 4.81. The van der Waals surface area contributed by atoms with E-state index in [1.165, 1.54) is 0 Å². The number of aryl methyl sites for hydroxylation is 1. The van der Waals surface area contributed by atoms with Crippen LogP contribution in [0.4, 0.5) is 5.82 Å². The van der Waals surface area contributed by atoms with Gasteiger partial charge in [0.2, 0.25) is 17.7 Å². The Bertz CT molecular complexity index is 523. The zero-order valence-corrected chi connectivity index (χ0v) is 10.8. The van der Waals surface area contributed by atoms with Gasteiger partial charge >= 0.3 is 0 Å². The van der Waals surface area contributed by atoms with Gasteiger partial charge in [0.15, 0.2) is 5.82 Å². The number of nitrogens with zero attached hydrogens (tertiary/aromatic N) is 2. The van der Waals surface area contributed by atoms with Crippen LogP contribution in [0.25, 0.3) is 0 Å². The molecule has 19 heavy (non-hydrogen) atoms. The van der Waals surface area contributed by atoms with Gasteiger partial charge in [-0.15, -0.1) is 0 Å². The first-order chi connectivity index (χ1) is 8.97. The lowest BCUT2D eigenvalue weighted by molar-refractivity contribution is -0.139. The van der Waals surface area contributed by atoms with E-state index in [9.17, 15) is 14.4 Å². The fourth-order valence-corrected chi connectivity index (χ4v) is 1.93. The van der Waals surface area contributed by atoms with Gasteiger partial charge < -0.3 is 9.84 Å². The van der Waals surface area contributed by atoms with Crippen molar-refractivity contribution in [1.82, 2.24) is 10.1 Å². The minimum Gasteiger partial charge on any atom is -0.360 e. The van der Waals surface area contributed by atoms with E-state index in [1.807, 2.05) is 0 Å². The van der Waals surface area contributed by atoms with Crippen molar-refractivity contribution in [2.45, 2.75) is 26.7 Å². The highest BCUT2D eigenvalue weighted by Crippen LogP contribution is 2.18.